The summed E-state index contributed by atoms with van der Waals surface area (Å²) in [5.74, 6) is 0.893. The van der Waals surface area contributed by atoms with Gasteiger partial charge in [-0.1, -0.05) is 36.4 Å². The van der Waals surface area contributed by atoms with Crippen molar-refractivity contribution in [1.29, 1.82) is 0 Å². The molecule has 1 saturated heterocycles. The molecule has 21 heavy (non-hydrogen) atoms. The maximum absolute atomic E-state index is 5.42. The van der Waals surface area contributed by atoms with E-state index < -0.39 is 0 Å². The van der Waals surface area contributed by atoms with E-state index in [4.69, 9.17) is 9.47 Å². The number of ether oxygens (including phenoxy) is 2. The Morgan fingerprint density at radius 3 is 2.43 bits per heavy atom. The SMILES string of the molecule is COc1ccc(-c2ccccc2CN2CCOCC2)cc1. The van der Waals surface area contributed by atoms with Gasteiger partial charge in [-0.3, -0.25) is 4.90 Å². The monoisotopic (exact) mass is 283 g/mol. The fourth-order valence-electron chi connectivity index (χ4n) is 2.71. The van der Waals surface area contributed by atoms with Gasteiger partial charge in [0.05, 0.1) is 20.3 Å². The lowest BCUT2D eigenvalue weighted by molar-refractivity contribution is 0.0342. The Hall–Kier alpha value is -1.84. The number of hydrogen-bond acceptors (Lipinski definition) is 3. The third-order valence-electron chi connectivity index (χ3n) is 3.92. The highest BCUT2D eigenvalue weighted by Gasteiger charge is 2.13. The van der Waals surface area contributed by atoms with Gasteiger partial charge in [0.2, 0.25) is 0 Å². The van der Waals surface area contributed by atoms with Gasteiger partial charge >= 0.3 is 0 Å². The first-order valence-corrected chi connectivity index (χ1v) is 7.39. The molecule has 2 aromatic carbocycles. The van der Waals surface area contributed by atoms with E-state index in [1.54, 1.807) is 7.11 Å². The van der Waals surface area contributed by atoms with Gasteiger partial charge in [-0.15, -0.1) is 0 Å². The van der Waals surface area contributed by atoms with Crippen molar-refractivity contribution >= 4 is 0 Å². The highest BCUT2D eigenvalue weighted by molar-refractivity contribution is 5.67. The van der Waals surface area contributed by atoms with Crippen molar-refractivity contribution in [2.45, 2.75) is 6.54 Å². The van der Waals surface area contributed by atoms with Crippen LogP contribution >= 0.6 is 0 Å². The van der Waals surface area contributed by atoms with Crippen LogP contribution in [0.1, 0.15) is 5.56 Å². The van der Waals surface area contributed by atoms with Crippen LogP contribution in [0.2, 0.25) is 0 Å². The zero-order valence-electron chi connectivity index (χ0n) is 12.4. The zero-order valence-corrected chi connectivity index (χ0v) is 12.4. The maximum atomic E-state index is 5.42. The molecule has 0 spiro atoms. The summed E-state index contributed by atoms with van der Waals surface area (Å²) >= 11 is 0. The molecule has 110 valence electrons. The van der Waals surface area contributed by atoms with Crippen molar-refractivity contribution in [2.75, 3.05) is 33.4 Å². The zero-order chi connectivity index (χ0) is 14.5. The highest BCUT2D eigenvalue weighted by Crippen LogP contribution is 2.26. The van der Waals surface area contributed by atoms with E-state index in [0.29, 0.717) is 0 Å². The fourth-order valence-corrected chi connectivity index (χ4v) is 2.71. The standard InChI is InChI=1S/C18H21NO2/c1-20-17-8-6-15(7-9-17)18-5-3-2-4-16(18)14-19-10-12-21-13-11-19/h2-9H,10-14H2,1H3. The van der Waals surface area contributed by atoms with Crippen molar-refractivity contribution in [3.8, 4) is 16.9 Å². The summed E-state index contributed by atoms with van der Waals surface area (Å²) in [4.78, 5) is 2.45. The first kappa shape index (κ1) is 14.1. The molecular weight excluding hydrogens is 262 g/mol. The summed E-state index contributed by atoms with van der Waals surface area (Å²) in [6.07, 6.45) is 0. The van der Waals surface area contributed by atoms with Crippen LogP contribution < -0.4 is 4.74 Å². The van der Waals surface area contributed by atoms with Gasteiger partial charge in [-0.2, -0.15) is 0 Å². The van der Waals surface area contributed by atoms with Crippen molar-refractivity contribution in [2.24, 2.45) is 0 Å². The Bertz CT molecular complexity index is 574. The predicted molar refractivity (Wildman–Crippen MR) is 84.5 cm³/mol. The number of rotatable bonds is 4. The molecule has 1 heterocycles. The second-order valence-corrected chi connectivity index (χ2v) is 5.27. The first-order chi connectivity index (χ1) is 10.4. The van der Waals surface area contributed by atoms with Crippen molar-refractivity contribution in [3.63, 3.8) is 0 Å². The third kappa shape index (κ3) is 3.43. The van der Waals surface area contributed by atoms with Crippen LogP contribution in [0.15, 0.2) is 48.5 Å². The van der Waals surface area contributed by atoms with E-state index in [9.17, 15) is 0 Å². The average Bonchev–Trinajstić information content (AvgIpc) is 2.56. The van der Waals surface area contributed by atoms with Crippen molar-refractivity contribution in [3.05, 3.63) is 54.1 Å². The van der Waals surface area contributed by atoms with Gasteiger partial charge in [0.15, 0.2) is 0 Å². The van der Waals surface area contributed by atoms with Gasteiger partial charge in [0, 0.05) is 19.6 Å². The molecule has 0 N–H and O–H groups in total. The summed E-state index contributed by atoms with van der Waals surface area (Å²) in [6, 6.07) is 16.9. The lowest BCUT2D eigenvalue weighted by Gasteiger charge is -2.27. The van der Waals surface area contributed by atoms with Gasteiger partial charge in [-0.25, -0.2) is 0 Å². The molecule has 3 heteroatoms. The Morgan fingerprint density at radius 2 is 1.71 bits per heavy atom. The Morgan fingerprint density at radius 1 is 1.00 bits per heavy atom. The minimum absolute atomic E-state index is 0.838. The molecule has 0 amide bonds. The number of benzene rings is 2. The van der Waals surface area contributed by atoms with Gasteiger partial charge in [-0.05, 0) is 28.8 Å². The number of methoxy groups -OCH3 is 1. The third-order valence-corrected chi connectivity index (χ3v) is 3.92. The smallest absolute Gasteiger partial charge is 0.118 e. The molecule has 0 radical (unpaired) electrons. The van der Waals surface area contributed by atoms with E-state index in [1.807, 2.05) is 12.1 Å². The molecule has 0 bridgehead atoms. The molecule has 3 rings (SSSR count). The van der Waals surface area contributed by atoms with E-state index in [0.717, 1.165) is 38.6 Å². The molecule has 0 aromatic heterocycles. The van der Waals surface area contributed by atoms with Gasteiger partial charge in [0.25, 0.3) is 0 Å². The molecule has 2 aromatic rings. The average molecular weight is 283 g/mol. The lowest BCUT2D eigenvalue weighted by Crippen LogP contribution is -2.35. The summed E-state index contributed by atoms with van der Waals surface area (Å²) in [6.45, 7) is 4.68. The number of morpholine rings is 1. The first-order valence-electron chi connectivity index (χ1n) is 7.39. The number of hydrogen-bond donors (Lipinski definition) is 0. The Balaban J connectivity index is 1.83. The fraction of sp³-hybridized carbons (Fsp3) is 0.333. The minimum Gasteiger partial charge on any atom is -0.497 e. The van der Waals surface area contributed by atoms with Crippen LogP contribution in [0.5, 0.6) is 5.75 Å². The quantitative estimate of drug-likeness (QED) is 0.860. The van der Waals surface area contributed by atoms with E-state index in [2.05, 4.69) is 41.3 Å². The Kier molecular flexibility index (Phi) is 4.53. The normalized spacial score (nSPS) is 15.9. The molecule has 0 atom stereocenters. The molecule has 0 unspecified atom stereocenters. The topological polar surface area (TPSA) is 21.7 Å². The van der Waals surface area contributed by atoms with E-state index >= 15 is 0 Å². The molecule has 0 saturated carbocycles. The molecule has 0 aliphatic carbocycles. The van der Waals surface area contributed by atoms with Crippen molar-refractivity contribution < 1.29 is 9.47 Å². The molecule has 1 aliphatic rings. The molecule has 3 nitrogen and oxygen atoms in total. The number of nitrogens with zero attached hydrogens (tertiary/aromatic N) is 1. The van der Waals surface area contributed by atoms with E-state index in [1.165, 1.54) is 16.7 Å². The summed E-state index contributed by atoms with van der Waals surface area (Å²) in [7, 11) is 1.70. The minimum atomic E-state index is 0.838. The Labute approximate surface area is 126 Å². The van der Waals surface area contributed by atoms with Crippen LogP contribution in [0.3, 0.4) is 0 Å². The van der Waals surface area contributed by atoms with Crippen LogP contribution in [-0.4, -0.2) is 38.3 Å². The van der Waals surface area contributed by atoms with Crippen LogP contribution in [-0.2, 0) is 11.3 Å². The maximum Gasteiger partial charge on any atom is 0.118 e. The second-order valence-electron chi connectivity index (χ2n) is 5.27. The van der Waals surface area contributed by atoms with Crippen LogP contribution in [0, 0.1) is 0 Å². The van der Waals surface area contributed by atoms with Crippen LogP contribution in [0.4, 0.5) is 0 Å². The van der Waals surface area contributed by atoms with Crippen molar-refractivity contribution in [1.82, 2.24) is 4.90 Å². The molecule has 1 aliphatic heterocycles. The largest absolute Gasteiger partial charge is 0.497 e. The highest BCUT2D eigenvalue weighted by atomic mass is 16.5. The second kappa shape index (κ2) is 6.74. The predicted octanol–water partition coefficient (Wildman–Crippen LogP) is 3.19. The lowest BCUT2D eigenvalue weighted by atomic mass is 9.99. The molecular formula is C18H21NO2. The molecule has 1 fully saturated rings. The summed E-state index contributed by atoms with van der Waals surface area (Å²) in [5.41, 5.74) is 3.90. The van der Waals surface area contributed by atoms with Crippen LogP contribution in [0.25, 0.3) is 11.1 Å². The van der Waals surface area contributed by atoms with E-state index in [-0.39, 0.29) is 0 Å². The van der Waals surface area contributed by atoms with Gasteiger partial charge < -0.3 is 9.47 Å². The van der Waals surface area contributed by atoms with Gasteiger partial charge in [0.1, 0.15) is 5.75 Å². The summed E-state index contributed by atoms with van der Waals surface area (Å²) in [5, 5.41) is 0. The summed E-state index contributed by atoms with van der Waals surface area (Å²) < 4.78 is 10.7.